The first-order chi connectivity index (χ1) is 10.9. The van der Waals surface area contributed by atoms with E-state index in [0.29, 0.717) is 12.1 Å². The number of anilines is 2. The van der Waals surface area contributed by atoms with Gasteiger partial charge >= 0.3 is 0 Å². The van der Waals surface area contributed by atoms with Crippen LogP contribution in [0, 0.1) is 0 Å². The van der Waals surface area contributed by atoms with E-state index in [9.17, 15) is 8.42 Å². The third-order valence-corrected chi connectivity index (χ3v) is 4.74. The highest BCUT2D eigenvalue weighted by atomic mass is 32.2. The number of hydrogen-bond acceptors (Lipinski definition) is 4. The molecule has 0 unspecified atom stereocenters. The number of nitrogens with zero attached hydrogens (tertiary/aromatic N) is 1. The van der Waals surface area contributed by atoms with Crippen LogP contribution in [0.2, 0.25) is 0 Å². The molecule has 0 heterocycles. The Balaban J connectivity index is 1.98. The van der Waals surface area contributed by atoms with E-state index in [2.05, 4.69) is 4.72 Å². The average molecular weight is 334 g/mol. The van der Waals surface area contributed by atoms with Gasteiger partial charge in [-0.2, -0.15) is 0 Å². The number of nitrogens with one attached hydrogen (secondary N) is 1. The number of hydrogen-bond donors (Lipinski definition) is 1. The molecule has 6 heteroatoms. The van der Waals surface area contributed by atoms with Crippen molar-refractivity contribution in [1.82, 2.24) is 0 Å². The standard InChI is InChI=1S/C17H22N2O3S/c1-19(2)16-9-7-15(8-10-16)18-23(20,21)12-11-14-5-4-6-17(13-14)22-3/h4-10,13,18H,11-12H2,1-3H3. The first-order valence-electron chi connectivity index (χ1n) is 7.30. The summed E-state index contributed by atoms with van der Waals surface area (Å²) in [6, 6.07) is 14.7. The van der Waals surface area contributed by atoms with E-state index in [1.54, 1.807) is 19.2 Å². The zero-order valence-corrected chi connectivity index (χ0v) is 14.4. The first kappa shape index (κ1) is 17.1. The molecule has 0 saturated heterocycles. The second-order valence-electron chi connectivity index (χ2n) is 5.46. The molecule has 23 heavy (non-hydrogen) atoms. The minimum Gasteiger partial charge on any atom is -0.497 e. The summed E-state index contributed by atoms with van der Waals surface area (Å²) in [6.45, 7) is 0. The van der Waals surface area contributed by atoms with Crippen molar-refractivity contribution >= 4 is 21.4 Å². The maximum atomic E-state index is 12.2. The van der Waals surface area contributed by atoms with Crippen LogP contribution in [0.1, 0.15) is 5.56 Å². The fourth-order valence-corrected chi connectivity index (χ4v) is 3.24. The number of rotatable bonds is 7. The summed E-state index contributed by atoms with van der Waals surface area (Å²) < 4.78 is 32.1. The number of aryl methyl sites for hydroxylation is 1. The molecule has 0 atom stereocenters. The SMILES string of the molecule is COc1cccc(CCS(=O)(=O)Nc2ccc(N(C)C)cc2)c1. The summed E-state index contributed by atoms with van der Waals surface area (Å²) in [5.41, 5.74) is 2.52. The van der Waals surface area contributed by atoms with E-state index in [1.807, 2.05) is 55.4 Å². The molecule has 0 saturated carbocycles. The molecule has 1 N–H and O–H groups in total. The number of sulfonamides is 1. The molecule has 0 aromatic heterocycles. The summed E-state index contributed by atoms with van der Waals surface area (Å²) in [4.78, 5) is 1.96. The van der Waals surface area contributed by atoms with Crippen LogP contribution in [-0.4, -0.2) is 35.4 Å². The zero-order chi connectivity index (χ0) is 16.9. The van der Waals surface area contributed by atoms with Gasteiger partial charge in [-0.05, 0) is 48.4 Å². The van der Waals surface area contributed by atoms with Crippen molar-refractivity contribution in [1.29, 1.82) is 0 Å². The van der Waals surface area contributed by atoms with Crippen LogP contribution in [0.3, 0.4) is 0 Å². The van der Waals surface area contributed by atoms with Gasteiger partial charge < -0.3 is 9.64 Å². The lowest BCUT2D eigenvalue weighted by Gasteiger charge is -2.13. The second kappa shape index (κ2) is 7.37. The number of benzene rings is 2. The van der Waals surface area contributed by atoms with Crippen LogP contribution in [0.15, 0.2) is 48.5 Å². The van der Waals surface area contributed by atoms with Crippen LogP contribution in [0.4, 0.5) is 11.4 Å². The zero-order valence-electron chi connectivity index (χ0n) is 13.6. The van der Waals surface area contributed by atoms with Gasteiger partial charge in [0.25, 0.3) is 0 Å². The summed E-state index contributed by atoms with van der Waals surface area (Å²) in [6.07, 6.45) is 0.433. The Kier molecular flexibility index (Phi) is 5.50. The van der Waals surface area contributed by atoms with Crippen molar-refractivity contribution in [2.75, 3.05) is 36.6 Å². The fourth-order valence-electron chi connectivity index (χ4n) is 2.14. The molecule has 5 nitrogen and oxygen atoms in total. The number of methoxy groups -OCH3 is 1. The molecule has 0 bridgehead atoms. The first-order valence-corrected chi connectivity index (χ1v) is 8.96. The predicted molar refractivity (Wildman–Crippen MR) is 94.9 cm³/mol. The van der Waals surface area contributed by atoms with Crippen LogP contribution in [-0.2, 0) is 16.4 Å². The molecule has 0 amide bonds. The Hall–Kier alpha value is -2.21. The lowest BCUT2D eigenvalue weighted by Crippen LogP contribution is -2.18. The van der Waals surface area contributed by atoms with E-state index in [1.165, 1.54) is 0 Å². The summed E-state index contributed by atoms with van der Waals surface area (Å²) in [5, 5.41) is 0. The van der Waals surface area contributed by atoms with Crippen LogP contribution < -0.4 is 14.4 Å². The van der Waals surface area contributed by atoms with Crippen molar-refractivity contribution in [3.8, 4) is 5.75 Å². The molecule has 0 aliphatic carbocycles. The lowest BCUT2D eigenvalue weighted by atomic mass is 10.2. The van der Waals surface area contributed by atoms with Crippen molar-refractivity contribution in [3.05, 3.63) is 54.1 Å². The van der Waals surface area contributed by atoms with Gasteiger partial charge in [0.05, 0.1) is 12.9 Å². The van der Waals surface area contributed by atoms with Crippen LogP contribution in [0.5, 0.6) is 5.75 Å². The van der Waals surface area contributed by atoms with Crippen molar-refractivity contribution < 1.29 is 13.2 Å². The maximum Gasteiger partial charge on any atom is 0.233 e. The van der Waals surface area contributed by atoms with Gasteiger partial charge in [-0.1, -0.05) is 12.1 Å². The second-order valence-corrected chi connectivity index (χ2v) is 7.31. The Morgan fingerprint density at radius 3 is 2.39 bits per heavy atom. The van der Waals surface area contributed by atoms with Crippen molar-refractivity contribution in [2.24, 2.45) is 0 Å². The van der Waals surface area contributed by atoms with Crippen molar-refractivity contribution in [3.63, 3.8) is 0 Å². The molecule has 0 fully saturated rings. The lowest BCUT2D eigenvalue weighted by molar-refractivity contribution is 0.414. The van der Waals surface area contributed by atoms with Crippen LogP contribution >= 0.6 is 0 Å². The smallest absolute Gasteiger partial charge is 0.233 e. The monoisotopic (exact) mass is 334 g/mol. The topological polar surface area (TPSA) is 58.6 Å². The Bertz CT molecular complexity index is 741. The van der Waals surface area contributed by atoms with Gasteiger partial charge in [-0.15, -0.1) is 0 Å². The molecule has 0 radical (unpaired) electrons. The molecule has 124 valence electrons. The van der Waals surface area contributed by atoms with E-state index >= 15 is 0 Å². The quantitative estimate of drug-likeness (QED) is 0.846. The highest BCUT2D eigenvalue weighted by molar-refractivity contribution is 7.92. The van der Waals surface area contributed by atoms with Gasteiger partial charge in [0.15, 0.2) is 0 Å². The third kappa shape index (κ3) is 5.17. The Morgan fingerprint density at radius 2 is 1.78 bits per heavy atom. The van der Waals surface area contributed by atoms with Gasteiger partial charge in [0, 0.05) is 25.5 Å². The molecular weight excluding hydrogens is 312 g/mol. The average Bonchev–Trinajstić information content (AvgIpc) is 2.53. The van der Waals surface area contributed by atoms with E-state index in [-0.39, 0.29) is 5.75 Å². The summed E-state index contributed by atoms with van der Waals surface area (Å²) in [7, 11) is 2.08. The van der Waals surface area contributed by atoms with E-state index < -0.39 is 10.0 Å². The minimum absolute atomic E-state index is 0.0234. The van der Waals surface area contributed by atoms with E-state index in [4.69, 9.17) is 4.74 Å². The van der Waals surface area contributed by atoms with Gasteiger partial charge in [0.1, 0.15) is 5.75 Å². The molecule has 0 spiro atoms. The Morgan fingerprint density at radius 1 is 1.09 bits per heavy atom. The predicted octanol–water partition coefficient (Wildman–Crippen LogP) is 2.75. The molecule has 2 aromatic rings. The van der Waals surface area contributed by atoms with Crippen molar-refractivity contribution in [2.45, 2.75) is 6.42 Å². The highest BCUT2D eigenvalue weighted by Gasteiger charge is 2.11. The summed E-state index contributed by atoms with van der Waals surface area (Å²) >= 11 is 0. The summed E-state index contributed by atoms with van der Waals surface area (Å²) in [5.74, 6) is 0.752. The van der Waals surface area contributed by atoms with Gasteiger partial charge in [0.2, 0.25) is 10.0 Å². The highest BCUT2D eigenvalue weighted by Crippen LogP contribution is 2.18. The fraction of sp³-hybridized carbons (Fsp3) is 0.294. The molecule has 0 aliphatic heterocycles. The third-order valence-electron chi connectivity index (χ3n) is 3.45. The van der Waals surface area contributed by atoms with Crippen LogP contribution in [0.25, 0.3) is 0 Å². The normalized spacial score (nSPS) is 11.1. The molecular formula is C17H22N2O3S. The Labute approximate surface area is 137 Å². The van der Waals surface area contributed by atoms with Gasteiger partial charge in [-0.25, -0.2) is 8.42 Å². The molecule has 0 aliphatic rings. The van der Waals surface area contributed by atoms with Gasteiger partial charge in [-0.3, -0.25) is 4.72 Å². The largest absolute Gasteiger partial charge is 0.497 e. The maximum absolute atomic E-state index is 12.2. The molecule has 2 aromatic carbocycles. The van der Waals surface area contributed by atoms with E-state index in [0.717, 1.165) is 17.0 Å². The number of ether oxygens (including phenoxy) is 1. The minimum atomic E-state index is -3.39. The molecule has 2 rings (SSSR count).